The largest absolute Gasteiger partial charge is 0.279 e. The zero-order valence-corrected chi connectivity index (χ0v) is 10.8. The Hall–Kier alpha value is -1.95. The third-order valence-corrected chi connectivity index (χ3v) is 4.02. The van der Waals surface area contributed by atoms with Crippen LogP contribution in [0.3, 0.4) is 0 Å². The van der Waals surface area contributed by atoms with Crippen molar-refractivity contribution in [1.29, 1.82) is 0 Å². The molecule has 2 aromatic carbocycles. The smallest absolute Gasteiger partial charge is 0.261 e. The van der Waals surface area contributed by atoms with E-state index in [1.165, 1.54) is 25.1 Å². The molecule has 0 spiro atoms. The van der Waals surface area contributed by atoms with Crippen molar-refractivity contribution in [2.75, 3.05) is 4.72 Å². The normalized spacial score (nSPS) is 11.3. The summed E-state index contributed by atoms with van der Waals surface area (Å²) in [6.07, 6.45) is 0. The molecular formula is C13H11F2NO2S. The van der Waals surface area contributed by atoms with Crippen molar-refractivity contribution in [3.8, 4) is 0 Å². The number of nitrogens with one attached hydrogen (secondary N) is 1. The minimum atomic E-state index is -3.85. The van der Waals surface area contributed by atoms with Gasteiger partial charge in [0.05, 0.1) is 10.6 Å². The zero-order chi connectivity index (χ0) is 14.0. The quantitative estimate of drug-likeness (QED) is 0.941. The van der Waals surface area contributed by atoms with Gasteiger partial charge in [0.15, 0.2) is 0 Å². The van der Waals surface area contributed by atoms with Gasteiger partial charge >= 0.3 is 0 Å². The first kappa shape index (κ1) is 13.5. The molecule has 0 aliphatic heterocycles. The third-order valence-electron chi connectivity index (χ3n) is 2.64. The van der Waals surface area contributed by atoms with Gasteiger partial charge in [-0.1, -0.05) is 6.07 Å². The van der Waals surface area contributed by atoms with Crippen LogP contribution in [0.4, 0.5) is 14.5 Å². The summed E-state index contributed by atoms with van der Waals surface area (Å²) in [5.74, 6) is -1.03. The van der Waals surface area contributed by atoms with Crippen molar-refractivity contribution in [1.82, 2.24) is 0 Å². The average molecular weight is 283 g/mol. The van der Waals surface area contributed by atoms with Crippen LogP contribution >= 0.6 is 0 Å². The molecule has 0 aliphatic rings. The van der Waals surface area contributed by atoms with Gasteiger partial charge < -0.3 is 0 Å². The zero-order valence-electron chi connectivity index (χ0n) is 10.0. The van der Waals surface area contributed by atoms with Gasteiger partial charge in [-0.3, -0.25) is 4.72 Å². The highest BCUT2D eigenvalue weighted by atomic mass is 32.2. The second kappa shape index (κ2) is 4.97. The maximum atomic E-state index is 13.3. The monoisotopic (exact) mass is 283 g/mol. The Kier molecular flexibility index (Phi) is 3.53. The fraction of sp³-hybridized carbons (Fsp3) is 0.0769. The number of anilines is 1. The molecule has 0 radical (unpaired) electrons. The van der Waals surface area contributed by atoms with Crippen LogP contribution < -0.4 is 4.72 Å². The van der Waals surface area contributed by atoms with Crippen LogP contribution in [-0.4, -0.2) is 8.42 Å². The molecule has 6 heteroatoms. The Balaban J connectivity index is 2.36. The van der Waals surface area contributed by atoms with Gasteiger partial charge in [-0.15, -0.1) is 0 Å². The number of hydrogen-bond acceptors (Lipinski definition) is 2. The van der Waals surface area contributed by atoms with Crippen molar-refractivity contribution in [3.05, 3.63) is 59.7 Å². The summed E-state index contributed by atoms with van der Waals surface area (Å²) in [6.45, 7) is 1.47. The van der Waals surface area contributed by atoms with Gasteiger partial charge in [0.2, 0.25) is 0 Å². The Morgan fingerprint density at radius 2 is 1.63 bits per heavy atom. The van der Waals surface area contributed by atoms with E-state index in [2.05, 4.69) is 4.72 Å². The van der Waals surface area contributed by atoms with Crippen molar-refractivity contribution < 1.29 is 17.2 Å². The van der Waals surface area contributed by atoms with Gasteiger partial charge in [-0.25, -0.2) is 17.2 Å². The summed E-state index contributed by atoms with van der Waals surface area (Å²) in [5.41, 5.74) is 0.359. The fourth-order valence-electron chi connectivity index (χ4n) is 1.54. The molecule has 2 aromatic rings. The van der Waals surface area contributed by atoms with Crippen LogP contribution in [0.15, 0.2) is 47.4 Å². The highest BCUT2D eigenvalue weighted by Crippen LogP contribution is 2.21. The van der Waals surface area contributed by atoms with Crippen LogP contribution in [0, 0.1) is 18.6 Å². The summed E-state index contributed by atoms with van der Waals surface area (Å²) >= 11 is 0. The lowest BCUT2D eigenvalue weighted by atomic mass is 10.2. The molecule has 0 amide bonds. The fourth-order valence-corrected chi connectivity index (χ4v) is 2.66. The molecule has 0 saturated heterocycles. The molecule has 0 saturated carbocycles. The molecule has 0 aliphatic carbocycles. The van der Waals surface area contributed by atoms with Crippen molar-refractivity contribution in [2.45, 2.75) is 11.8 Å². The maximum absolute atomic E-state index is 13.3. The lowest BCUT2D eigenvalue weighted by Gasteiger charge is -2.10. The molecule has 0 bridgehead atoms. The molecule has 1 N–H and O–H groups in total. The van der Waals surface area contributed by atoms with E-state index >= 15 is 0 Å². The lowest BCUT2D eigenvalue weighted by molar-refractivity contribution is 0.599. The molecule has 0 heterocycles. The summed E-state index contributed by atoms with van der Waals surface area (Å²) in [5, 5.41) is 0. The van der Waals surface area contributed by atoms with E-state index in [-0.39, 0.29) is 16.1 Å². The summed E-state index contributed by atoms with van der Waals surface area (Å²) < 4.78 is 52.4. The summed E-state index contributed by atoms with van der Waals surface area (Å²) in [4.78, 5) is -0.0856. The van der Waals surface area contributed by atoms with Gasteiger partial charge in [0, 0.05) is 5.56 Å². The van der Waals surface area contributed by atoms with Crippen molar-refractivity contribution >= 4 is 15.7 Å². The van der Waals surface area contributed by atoms with Crippen LogP contribution in [0.5, 0.6) is 0 Å². The van der Waals surface area contributed by atoms with Gasteiger partial charge in [0.1, 0.15) is 11.6 Å². The van der Waals surface area contributed by atoms with Crippen molar-refractivity contribution in [2.24, 2.45) is 0 Å². The Labute approximate surface area is 109 Å². The molecule has 0 fully saturated rings. The molecule has 3 nitrogen and oxygen atoms in total. The topological polar surface area (TPSA) is 46.2 Å². The Bertz CT molecular complexity index is 697. The van der Waals surface area contributed by atoms with Crippen LogP contribution in [0.1, 0.15) is 5.56 Å². The van der Waals surface area contributed by atoms with E-state index in [9.17, 15) is 17.2 Å². The molecular weight excluding hydrogens is 272 g/mol. The first-order valence-corrected chi connectivity index (χ1v) is 6.92. The molecule has 2 rings (SSSR count). The number of sulfonamides is 1. The third kappa shape index (κ3) is 2.90. The van der Waals surface area contributed by atoms with E-state index in [4.69, 9.17) is 0 Å². The molecule has 100 valence electrons. The van der Waals surface area contributed by atoms with Gasteiger partial charge in [0.25, 0.3) is 10.0 Å². The molecule has 0 atom stereocenters. The standard InChI is InChI=1S/C13H11F2NO2S/c1-9-12(15)3-2-4-13(9)16-19(17,18)11-7-5-10(14)6-8-11/h2-8,16H,1H3. The molecule has 0 aromatic heterocycles. The highest BCUT2D eigenvalue weighted by Gasteiger charge is 2.16. The number of hydrogen-bond donors (Lipinski definition) is 1. The van der Waals surface area contributed by atoms with Crippen LogP contribution in [0.2, 0.25) is 0 Å². The van der Waals surface area contributed by atoms with E-state index in [0.717, 1.165) is 24.3 Å². The van der Waals surface area contributed by atoms with Crippen molar-refractivity contribution in [3.63, 3.8) is 0 Å². The van der Waals surface area contributed by atoms with E-state index in [1.54, 1.807) is 0 Å². The second-order valence-corrected chi connectivity index (χ2v) is 5.65. The van der Waals surface area contributed by atoms with E-state index < -0.39 is 21.7 Å². The first-order chi connectivity index (χ1) is 8.90. The summed E-state index contributed by atoms with van der Waals surface area (Å²) in [6, 6.07) is 8.49. The Morgan fingerprint density at radius 1 is 1.00 bits per heavy atom. The van der Waals surface area contributed by atoms with Gasteiger partial charge in [-0.2, -0.15) is 0 Å². The first-order valence-electron chi connectivity index (χ1n) is 5.43. The highest BCUT2D eigenvalue weighted by molar-refractivity contribution is 7.92. The number of rotatable bonds is 3. The minimum absolute atomic E-state index is 0.0856. The maximum Gasteiger partial charge on any atom is 0.261 e. The molecule has 0 unspecified atom stereocenters. The lowest BCUT2D eigenvalue weighted by Crippen LogP contribution is -2.14. The predicted molar refractivity (Wildman–Crippen MR) is 68.3 cm³/mol. The summed E-state index contributed by atoms with van der Waals surface area (Å²) in [7, 11) is -3.85. The Morgan fingerprint density at radius 3 is 2.26 bits per heavy atom. The van der Waals surface area contributed by atoms with E-state index in [0.29, 0.717) is 0 Å². The molecule has 19 heavy (non-hydrogen) atoms. The minimum Gasteiger partial charge on any atom is -0.279 e. The van der Waals surface area contributed by atoms with Gasteiger partial charge in [-0.05, 0) is 43.3 Å². The van der Waals surface area contributed by atoms with Crippen LogP contribution in [0.25, 0.3) is 0 Å². The average Bonchev–Trinajstić information content (AvgIpc) is 2.35. The SMILES string of the molecule is Cc1c(F)cccc1NS(=O)(=O)c1ccc(F)cc1. The second-order valence-electron chi connectivity index (χ2n) is 3.97. The predicted octanol–water partition coefficient (Wildman–Crippen LogP) is 3.07. The van der Waals surface area contributed by atoms with Crippen LogP contribution in [-0.2, 0) is 10.0 Å². The van der Waals surface area contributed by atoms with E-state index in [1.807, 2.05) is 0 Å². The number of halogens is 2. The number of benzene rings is 2.